The lowest BCUT2D eigenvalue weighted by molar-refractivity contribution is -0.136. The van der Waals surface area contributed by atoms with Crippen molar-refractivity contribution in [2.75, 3.05) is 4.90 Å². The first-order valence-corrected chi connectivity index (χ1v) is 17.8. The fraction of sp³-hybridized carbons (Fsp3) is 0.317. The van der Waals surface area contributed by atoms with Gasteiger partial charge in [-0.05, 0) is 59.7 Å². The number of hydrogen-bond donors (Lipinski definition) is 2. The first kappa shape index (κ1) is 35.0. The van der Waals surface area contributed by atoms with Crippen molar-refractivity contribution < 1.29 is 18.8 Å². The van der Waals surface area contributed by atoms with Crippen molar-refractivity contribution in [3.05, 3.63) is 125 Å². The molecule has 1 aliphatic heterocycles. The number of fused-ring (bicyclic) bond motifs is 1. The highest BCUT2D eigenvalue weighted by molar-refractivity contribution is 6.31. The Morgan fingerprint density at radius 3 is 2.34 bits per heavy atom. The van der Waals surface area contributed by atoms with Crippen LogP contribution in [-0.2, 0) is 20.9 Å². The minimum absolute atomic E-state index is 0.0254. The molecule has 3 atom stereocenters. The van der Waals surface area contributed by atoms with Gasteiger partial charge in [0, 0.05) is 23.0 Å². The van der Waals surface area contributed by atoms with Crippen molar-refractivity contribution in [2.24, 2.45) is 28.5 Å². The fourth-order valence-corrected chi connectivity index (χ4v) is 7.55. The molecule has 4 aromatic carbocycles. The number of nitrogens with one attached hydrogen (secondary N) is 1. The summed E-state index contributed by atoms with van der Waals surface area (Å²) in [7, 11) is 0. The molecule has 7 nitrogen and oxygen atoms in total. The van der Waals surface area contributed by atoms with Crippen LogP contribution >= 0.6 is 11.6 Å². The molecule has 0 spiro atoms. The first-order valence-electron chi connectivity index (χ1n) is 17.4. The van der Waals surface area contributed by atoms with Crippen molar-refractivity contribution in [3.63, 3.8) is 0 Å². The van der Waals surface area contributed by atoms with Crippen LogP contribution in [0, 0.1) is 23.6 Å². The molecule has 50 heavy (non-hydrogen) atoms. The molecule has 0 bridgehead atoms. The van der Waals surface area contributed by atoms with E-state index in [4.69, 9.17) is 22.3 Å². The Balaban J connectivity index is 1.39. The Bertz CT molecular complexity index is 1890. The predicted molar refractivity (Wildman–Crippen MR) is 196 cm³/mol. The van der Waals surface area contributed by atoms with E-state index in [2.05, 4.69) is 5.32 Å². The molecule has 3 amide bonds. The van der Waals surface area contributed by atoms with Gasteiger partial charge in [0.25, 0.3) is 5.91 Å². The van der Waals surface area contributed by atoms with Gasteiger partial charge in [-0.2, -0.15) is 0 Å². The van der Waals surface area contributed by atoms with E-state index in [0.29, 0.717) is 36.6 Å². The van der Waals surface area contributed by atoms with Crippen LogP contribution in [0.5, 0.6) is 0 Å². The molecular formula is C41H42ClFN4O3. The highest BCUT2D eigenvalue weighted by atomic mass is 35.5. The molecule has 9 heteroatoms. The average Bonchev–Trinajstić information content (AvgIpc) is 3.62. The van der Waals surface area contributed by atoms with Gasteiger partial charge in [0.15, 0.2) is 0 Å². The number of nitrogens with two attached hydrogens (primary N) is 1. The van der Waals surface area contributed by atoms with Gasteiger partial charge in [-0.3, -0.25) is 14.4 Å². The maximum Gasteiger partial charge on any atom is 0.272 e. The van der Waals surface area contributed by atoms with Crippen LogP contribution in [0.15, 0.2) is 102 Å². The Morgan fingerprint density at radius 2 is 1.62 bits per heavy atom. The molecule has 3 N–H and O–H groups in total. The SMILES string of the molecule is CCC[C@H](C(N)=O)[C@@H](CC1CCCC1)C(=O)NC1N=C(c2ccccc2)c2ccccc2N(Cc2cccc(-c3ccc(F)c(Cl)c3)c2)C1=O. The molecular weight excluding hydrogens is 651 g/mol. The van der Waals surface area contributed by atoms with Crippen LogP contribution < -0.4 is 16.0 Å². The third-order valence-electron chi connectivity index (χ3n) is 9.90. The zero-order valence-electron chi connectivity index (χ0n) is 28.2. The minimum Gasteiger partial charge on any atom is -0.369 e. The second-order valence-corrected chi connectivity index (χ2v) is 13.7. The Morgan fingerprint density at radius 1 is 0.920 bits per heavy atom. The molecule has 0 radical (unpaired) electrons. The number of amides is 3. The molecule has 6 rings (SSSR count). The van der Waals surface area contributed by atoms with Crippen molar-refractivity contribution in [1.82, 2.24) is 5.32 Å². The van der Waals surface area contributed by atoms with Crippen LogP contribution in [0.1, 0.15) is 68.6 Å². The average molecular weight is 693 g/mol. The third kappa shape index (κ3) is 7.81. The smallest absolute Gasteiger partial charge is 0.272 e. The van der Waals surface area contributed by atoms with Crippen molar-refractivity contribution in [1.29, 1.82) is 0 Å². The summed E-state index contributed by atoms with van der Waals surface area (Å²) in [6.45, 7) is 2.15. The standard InChI is InChI=1S/C41H42ClFN4O3/c1-2-11-31(38(44)48)33(23-26-12-6-7-13-26)40(49)46-39-41(50)47(25-27-14-10-17-29(22-27)30-20-21-35(43)34(42)24-30)36-19-9-8-18-32(36)37(45-39)28-15-4-3-5-16-28/h3-5,8-10,14-22,24,26,31,33,39H,2,6-7,11-13,23,25H2,1H3,(H2,44,48)(H,46,49)/t31-,33+,39?/m0/s1. The molecule has 0 aromatic heterocycles. The second kappa shape index (κ2) is 15.8. The quantitative estimate of drug-likeness (QED) is 0.157. The lowest BCUT2D eigenvalue weighted by Crippen LogP contribution is -2.50. The number of primary amides is 1. The maximum absolute atomic E-state index is 14.7. The summed E-state index contributed by atoms with van der Waals surface area (Å²) in [5.41, 5.74) is 11.0. The number of aliphatic imine (C=N–C) groups is 1. The van der Waals surface area contributed by atoms with Gasteiger partial charge in [-0.1, -0.05) is 123 Å². The van der Waals surface area contributed by atoms with Gasteiger partial charge in [0.05, 0.1) is 23.0 Å². The number of carbonyl (C=O) groups excluding carboxylic acids is 3. The van der Waals surface area contributed by atoms with E-state index in [1.165, 1.54) is 6.07 Å². The molecule has 258 valence electrons. The Labute approximate surface area is 297 Å². The number of benzodiazepines with no additional fused rings is 1. The van der Waals surface area contributed by atoms with E-state index in [0.717, 1.165) is 53.5 Å². The van der Waals surface area contributed by atoms with Gasteiger partial charge >= 0.3 is 0 Å². The largest absolute Gasteiger partial charge is 0.369 e. The summed E-state index contributed by atoms with van der Waals surface area (Å²) < 4.78 is 13.9. The summed E-state index contributed by atoms with van der Waals surface area (Å²) in [6.07, 6.45) is 4.69. The zero-order chi connectivity index (χ0) is 35.2. The van der Waals surface area contributed by atoms with E-state index in [9.17, 15) is 18.8 Å². The highest BCUT2D eigenvalue weighted by Gasteiger charge is 2.39. The summed E-state index contributed by atoms with van der Waals surface area (Å²) in [4.78, 5) is 48.4. The summed E-state index contributed by atoms with van der Waals surface area (Å²) >= 11 is 6.10. The number of anilines is 1. The number of para-hydroxylation sites is 1. The Kier molecular flexibility index (Phi) is 11.1. The first-order chi connectivity index (χ1) is 24.2. The summed E-state index contributed by atoms with van der Waals surface area (Å²) in [6, 6.07) is 29.4. The van der Waals surface area contributed by atoms with Crippen LogP contribution in [0.25, 0.3) is 11.1 Å². The van der Waals surface area contributed by atoms with Crippen LogP contribution in [0.4, 0.5) is 10.1 Å². The zero-order valence-corrected chi connectivity index (χ0v) is 28.9. The molecule has 0 saturated heterocycles. The monoisotopic (exact) mass is 692 g/mol. The van der Waals surface area contributed by atoms with Gasteiger partial charge in [0.1, 0.15) is 5.82 Å². The summed E-state index contributed by atoms with van der Waals surface area (Å²) in [5.74, 6) is -2.78. The number of carbonyl (C=O) groups is 3. The fourth-order valence-electron chi connectivity index (χ4n) is 7.37. The number of halogens is 2. The molecule has 1 saturated carbocycles. The number of rotatable bonds is 12. The van der Waals surface area contributed by atoms with Gasteiger partial charge in [-0.15, -0.1) is 0 Å². The van der Waals surface area contributed by atoms with E-state index in [1.54, 1.807) is 17.0 Å². The number of benzene rings is 4. The van der Waals surface area contributed by atoms with Crippen LogP contribution in [0.2, 0.25) is 5.02 Å². The van der Waals surface area contributed by atoms with E-state index in [1.807, 2.05) is 85.8 Å². The number of hydrogen-bond acceptors (Lipinski definition) is 4. The minimum atomic E-state index is -1.26. The topological polar surface area (TPSA) is 105 Å². The van der Waals surface area contributed by atoms with E-state index in [-0.39, 0.29) is 17.5 Å². The number of nitrogens with zero attached hydrogens (tertiary/aromatic N) is 2. The molecule has 2 aliphatic rings. The van der Waals surface area contributed by atoms with Gasteiger partial charge in [0.2, 0.25) is 18.0 Å². The van der Waals surface area contributed by atoms with E-state index < -0.39 is 35.6 Å². The summed E-state index contributed by atoms with van der Waals surface area (Å²) in [5, 5.41) is 3.03. The third-order valence-corrected chi connectivity index (χ3v) is 10.2. The normalized spacial score (nSPS) is 17.4. The molecule has 4 aromatic rings. The highest BCUT2D eigenvalue weighted by Crippen LogP contribution is 2.35. The molecule has 1 aliphatic carbocycles. The molecule has 1 fully saturated rings. The van der Waals surface area contributed by atoms with E-state index >= 15 is 0 Å². The maximum atomic E-state index is 14.7. The predicted octanol–water partition coefficient (Wildman–Crippen LogP) is 8.07. The van der Waals surface area contributed by atoms with Crippen LogP contribution in [0.3, 0.4) is 0 Å². The second-order valence-electron chi connectivity index (χ2n) is 13.3. The van der Waals surface area contributed by atoms with Crippen molar-refractivity contribution >= 4 is 40.7 Å². The van der Waals surface area contributed by atoms with Gasteiger partial charge in [-0.25, -0.2) is 9.38 Å². The lowest BCUT2D eigenvalue weighted by atomic mass is 9.80. The molecule has 1 heterocycles. The van der Waals surface area contributed by atoms with Crippen molar-refractivity contribution in [3.8, 4) is 11.1 Å². The van der Waals surface area contributed by atoms with Crippen LogP contribution in [-0.4, -0.2) is 29.6 Å². The molecule has 1 unspecified atom stereocenters. The lowest BCUT2D eigenvalue weighted by Gasteiger charge is -2.29. The van der Waals surface area contributed by atoms with Gasteiger partial charge < -0.3 is 16.0 Å². The Hall–Kier alpha value is -4.82. The van der Waals surface area contributed by atoms with Crippen molar-refractivity contribution in [2.45, 2.75) is 64.6 Å².